The third-order valence-corrected chi connectivity index (χ3v) is 6.12. The fourth-order valence-corrected chi connectivity index (χ4v) is 3.86. The molecule has 0 saturated carbocycles. The molecule has 8 N–H and O–H groups in total. The highest BCUT2D eigenvalue weighted by molar-refractivity contribution is 5.91. The summed E-state index contributed by atoms with van der Waals surface area (Å²) in [6.45, 7) is 5.08. The van der Waals surface area contributed by atoms with Gasteiger partial charge in [-0.2, -0.15) is 0 Å². The van der Waals surface area contributed by atoms with Gasteiger partial charge in [0, 0.05) is 13.3 Å². The first-order chi connectivity index (χ1) is 17.8. The monoisotopic (exact) mass is 548 g/mol. The van der Waals surface area contributed by atoms with Crippen molar-refractivity contribution in [2.24, 2.45) is 11.5 Å². The van der Waals surface area contributed by atoms with E-state index in [9.17, 15) is 39.3 Å². The van der Waals surface area contributed by atoms with Crippen molar-refractivity contribution in [3.8, 4) is 0 Å². The molecule has 0 aromatic heterocycles. The van der Waals surface area contributed by atoms with Crippen molar-refractivity contribution in [1.82, 2.24) is 10.2 Å². The van der Waals surface area contributed by atoms with E-state index < -0.39 is 85.0 Å². The molecule has 1 aliphatic rings. The minimum Gasteiger partial charge on any atom is -0.479 e. The van der Waals surface area contributed by atoms with Crippen molar-refractivity contribution in [3.05, 3.63) is 0 Å². The SMILES string of the molecule is CCCCOC(=O)CC[C@@H](NC(=O)[C@H](C)N(C(C)=O)C1O[C@H](CO)[C@@H](O)[C@H](O[C@H](C)C(=O)O)[C@H]1N)C(N)=O. The van der Waals surface area contributed by atoms with Gasteiger partial charge in [0.15, 0.2) is 12.3 Å². The van der Waals surface area contributed by atoms with E-state index in [-0.39, 0.29) is 19.4 Å². The van der Waals surface area contributed by atoms with Crippen LogP contribution < -0.4 is 16.8 Å². The molecule has 15 nitrogen and oxygen atoms in total. The Morgan fingerprint density at radius 3 is 2.32 bits per heavy atom. The van der Waals surface area contributed by atoms with Crippen molar-refractivity contribution in [3.63, 3.8) is 0 Å². The van der Waals surface area contributed by atoms with Crippen LogP contribution in [0.4, 0.5) is 0 Å². The molecule has 0 spiro atoms. The number of nitrogens with two attached hydrogens (primary N) is 2. The van der Waals surface area contributed by atoms with Crippen molar-refractivity contribution < 1.29 is 53.5 Å². The summed E-state index contributed by atoms with van der Waals surface area (Å²) in [5.74, 6) is -4.33. The molecular weight excluding hydrogens is 508 g/mol. The van der Waals surface area contributed by atoms with Crippen LogP contribution in [0.2, 0.25) is 0 Å². The number of aliphatic hydroxyl groups is 2. The Kier molecular flexibility index (Phi) is 13.6. The maximum atomic E-state index is 13.0. The zero-order valence-corrected chi connectivity index (χ0v) is 22.1. The fraction of sp³-hybridized carbons (Fsp3) is 0.783. The Morgan fingerprint density at radius 2 is 1.82 bits per heavy atom. The summed E-state index contributed by atoms with van der Waals surface area (Å²) in [7, 11) is 0. The van der Waals surface area contributed by atoms with Crippen LogP contribution in [-0.4, -0.2) is 112 Å². The second-order valence-corrected chi connectivity index (χ2v) is 9.08. The fourth-order valence-electron chi connectivity index (χ4n) is 3.86. The van der Waals surface area contributed by atoms with E-state index in [1.54, 1.807) is 0 Å². The number of carbonyl (C=O) groups is 5. The van der Waals surface area contributed by atoms with Gasteiger partial charge in [0.2, 0.25) is 17.7 Å². The molecule has 1 aliphatic heterocycles. The van der Waals surface area contributed by atoms with E-state index in [0.29, 0.717) is 6.42 Å². The number of unbranched alkanes of at least 4 members (excludes halogenated alkanes) is 1. The normalized spacial score (nSPS) is 25.5. The van der Waals surface area contributed by atoms with Crippen molar-refractivity contribution in [2.45, 2.75) is 102 Å². The van der Waals surface area contributed by atoms with Gasteiger partial charge in [0.05, 0.1) is 19.3 Å². The number of hydrogen-bond acceptors (Lipinski definition) is 11. The molecule has 0 aliphatic carbocycles. The number of esters is 1. The quantitative estimate of drug-likeness (QED) is 0.0925. The maximum Gasteiger partial charge on any atom is 0.332 e. The molecule has 1 fully saturated rings. The molecule has 1 unspecified atom stereocenters. The van der Waals surface area contributed by atoms with Gasteiger partial charge in [0.1, 0.15) is 30.4 Å². The molecule has 1 heterocycles. The minimum atomic E-state index is -1.54. The van der Waals surface area contributed by atoms with E-state index >= 15 is 0 Å². The highest BCUT2D eigenvalue weighted by Crippen LogP contribution is 2.27. The summed E-state index contributed by atoms with van der Waals surface area (Å²) in [6, 6.07) is -3.90. The van der Waals surface area contributed by atoms with Gasteiger partial charge in [-0.05, 0) is 26.7 Å². The topological polar surface area (TPSA) is 241 Å². The molecule has 38 heavy (non-hydrogen) atoms. The number of primary amides is 1. The van der Waals surface area contributed by atoms with Crippen LogP contribution >= 0.6 is 0 Å². The molecule has 0 radical (unpaired) electrons. The lowest BCUT2D eigenvalue weighted by atomic mass is 9.94. The van der Waals surface area contributed by atoms with Crippen LogP contribution in [0.1, 0.15) is 53.4 Å². The van der Waals surface area contributed by atoms with Crippen LogP contribution in [0.25, 0.3) is 0 Å². The van der Waals surface area contributed by atoms with Crippen LogP contribution in [-0.2, 0) is 38.2 Å². The van der Waals surface area contributed by atoms with Gasteiger partial charge in [-0.1, -0.05) is 13.3 Å². The lowest BCUT2D eigenvalue weighted by Crippen LogP contribution is -2.70. The first-order valence-corrected chi connectivity index (χ1v) is 12.4. The number of aliphatic hydroxyl groups excluding tert-OH is 2. The molecule has 8 atom stereocenters. The number of aliphatic carboxylic acids is 1. The number of hydrogen-bond donors (Lipinski definition) is 6. The molecule has 218 valence electrons. The minimum absolute atomic E-state index is 0.139. The number of amides is 3. The number of ether oxygens (including phenoxy) is 3. The van der Waals surface area contributed by atoms with Crippen LogP contribution in [0, 0.1) is 0 Å². The third-order valence-electron chi connectivity index (χ3n) is 6.12. The molecule has 1 saturated heterocycles. The predicted octanol–water partition coefficient (Wildman–Crippen LogP) is -2.42. The first-order valence-electron chi connectivity index (χ1n) is 12.4. The average molecular weight is 549 g/mol. The van der Waals surface area contributed by atoms with Gasteiger partial charge in [-0.25, -0.2) is 4.79 Å². The number of nitrogens with zero attached hydrogens (tertiary/aromatic N) is 1. The Bertz CT molecular complexity index is 842. The summed E-state index contributed by atoms with van der Waals surface area (Å²) in [6.07, 6.45) is -5.88. The Morgan fingerprint density at radius 1 is 1.18 bits per heavy atom. The molecule has 0 aromatic carbocycles. The first kappa shape index (κ1) is 33.2. The van der Waals surface area contributed by atoms with Crippen LogP contribution in [0.3, 0.4) is 0 Å². The highest BCUT2D eigenvalue weighted by Gasteiger charge is 2.49. The van der Waals surface area contributed by atoms with Gasteiger partial charge < -0.3 is 51.2 Å². The second-order valence-electron chi connectivity index (χ2n) is 9.08. The smallest absolute Gasteiger partial charge is 0.332 e. The predicted molar refractivity (Wildman–Crippen MR) is 130 cm³/mol. The Balaban J connectivity index is 3.06. The molecule has 15 heteroatoms. The maximum absolute atomic E-state index is 13.0. The summed E-state index contributed by atoms with van der Waals surface area (Å²) >= 11 is 0. The van der Waals surface area contributed by atoms with Gasteiger partial charge in [0.25, 0.3) is 0 Å². The Hall–Kier alpha value is -2.85. The second kappa shape index (κ2) is 15.5. The summed E-state index contributed by atoms with van der Waals surface area (Å²) in [5, 5.41) is 31.8. The van der Waals surface area contributed by atoms with E-state index in [1.807, 2.05) is 6.92 Å². The summed E-state index contributed by atoms with van der Waals surface area (Å²) in [5.41, 5.74) is 11.6. The number of carboxylic acids is 1. The van der Waals surface area contributed by atoms with Gasteiger partial charge in [-0.15, -0.1) is 0 Å². The van der Waals surface area contributed by atoms with E-state index in [4.69, 9.17) is 25.7 Å². The summed E-state index contributed by atoms with van der Waals surface area (Å²) < 4.78 is 16.0. The molecular formula is C23H40N4O11. The molecule has 0 bridgehead atoms. The number of rotatable bonds is 15. The van der Waals surface area contributed by atoms with E-state index in [0.717, 1.165) is 18.2 Å². The zero-order valence-electron chi connectivity index (χ0n) is 22.1. The highest BCUT2D eigenvalue weighted by atomic mass is 16.6. The van der Waals surface area contributed by atoms with E-state index in [1.165, 1.54) is 13.8 Å². The number of carboxylic acid groups (broad SMARTS) is 1. The largest absolute Gasteiger partial charge is 0.479 e. The van der Waals surface area contributed by atoms with E-state index in [2.05, 4.69) is 5.32 Å². The average Bonchev–Trinajstić information content (AvgIpc) is 2.84. The van der Waals surface area contributed by atoms with Crippen LogP contribution in [0.5, 0.6) is 0 Å². The summed E-state index contributed by atoms with van der Waals surface area (Å²) in [4.78, 5) is 61.6. The van der Waals surface area contributed by atoms with Crippen molar-refractivity contribution in [1.29, 1.82) is 0 Å². The number of nitrogens with one attached hydrogen (secondary N) is 1. The van der Waals surface area contributed by atoms with Crippen molar-refractivity contribution >= 4 is 29.7 Å². The zero-order chi connectivity index (χ0) is 29.2. The molecule has 3 amide bonds. The lowest BCUT2D eigenvalue weighted by molar-refractivity contribution is -0.245. The molecule has 1 rings (SSSR count). The van der Waals surface area contributed by atoms with Crippen molar-refractivity contribution in [2.75, 3.05) is 13.2 Å². The third kappa shape index (κ3) is 9.16. The Labute approximate surface area is 220 Å². The lowest BCUT2D eigenvalue weighted by Gasteiger charge is -2.48. The molecule has 0 aromatic rings. The number of carbonyl (C=O) groups excluding carboxylic acids is 4. The standard InChI is InChI=1S/C23H40N4O11/c1-5-6-9-36-16(30)8-7-14(20(25)32)26-21(33)11(2)27(13(4)29)22-17(24)19(37-12(3)23(34)35)18(31)15(10-28)38-22/h11-12,14-15,17-19,22,28,31H,5-10,24H2,1-4H3,(H2,25,32)(H,26,33)(H,34,35)/t11-,12+,14+,15+,17+,18+,19+,22?/m0/s1. The van der Waals surface area contributed by atoms with Gasteiger partial charge >= 0.3 is 11.9 Å². The van der Waals surface area contributed by atoms with Crippen LogP contribution in [0.15, 0.2) is 0 Å². The van der Waals surface area contributed by atoms with Gasteiger partial charge in [-0.3, -0.25) is 19.2 Å².